The maximum Gasteiger partial charge on any atom is 0.0270 e. The van der Waals surface area contributed by atoms with Gasteiger partial charge >= 0.3 is 0 Å². The minimum Gasteiger partial charge on any atom is -0.316 e. The van der Waals surface area contributed by atoms with E-state index in [-0.39, 0.29) is 0 Å². The van der Waals surface area contributed by atoms with Gasteiger partial charge in [-0.15, -0.1) is 0 Å². The van der Waals surface area contributed by atoms with E-state index in [2.05, 4.69) is 29.4 Å². The monoisotopic (exact) mass is 190 g/mol. The molecule has 0 bridgehead atoms. The molecule has 1 N–H and O–H groups in total. The number of nitrogens with zero attached hydrogens (tertiary/aromatic N) is 1. The largest absolute Gasteiger partial charge is 0.316 e. The molecule has 1 aliphatic carbocycles. The maximum atomic E-state index is 4.06. The number of pyridine rings is 1. The first-order valence-electron chi connectivity index (χ1n) is 5.49. The molecule has 76 valence electrons. The zero-order chi connectivity index (χ0) is 9.86. The standard InChI is InChI=1S/C12H18N2/c1-2-7-14-10-12(5-6-12)11-3-8-13-9-4-11/h3-4,8-9,14H,2,5-7,10H2,1H3. The second kappa shape index (κ2) is 4.09. The average Bonchev–Trinajstić information content (AvgIpc) is 3.01. The molecule has 0 spiro atoms. The summed E-state index contributed by atoms with van der Waals surface area (Å²) >= 11 is 0. The SMILES string of the molecule is CCCNCC1(c2ccncc2)CC1. The van der Waals surface area contributed by atoms with Crippen molar-refractivity contribution in [2.75, 3.05) is 13.1 Å². The molecule has 2 heteroatoms. The van der Waals surface area contributed by atoms with E-state index in [0.717, 1.165) is 13.1 Å². The number of rotatable bonds is 5. The first kappa shape index (κ1) is 9.66. The smallest absolute Gasteiger partial charge is 0.0270 e. The van der Waals surface area contributed by atoms with Crippen LogP contribution in [-0.4, -0.2) is 18.1 Å². The predicted octanol–water partition coefficient (Wildman–Crippen LogP) is 2.11. The summed E-state index contributed by atoms with van der Waals surface area (Å²) in [5, 5.41) is 3.52. The van der Waals surface area contributed by atoms with Crippen LogP contribution in [0.1, 0.15) is 31.7 Å². The third-order valence-electron chi connectivity index (χ3n) is 3.04. The molecular formula is C12H18N2. The minimum absolute atomic E-state index is 0.443. The van der Waals surface area contributed by atoms with Gasteiger partial charge in [0.05, 0.1) is 0 Å². The summed E-state index contributed by atoms with van der Waals surface area (Å²) in [7, 11) is 0. The summed E-state index contributed by atoms with van der Waals surface area (Å²) in [5.74, 6) is 0. The molecule has 0 aromatic carbocycles. The van der Waals surface area contributed by atoms with Crippen LogP contribution in [0.25, 0.3) is 0 Å². The lowest BCUT2D eigenvalue weighted by Crippen LogP contribution is -2.27. The Bertz CT molecular complexity index is 278. The molecule has 0 atom stereocenters. The molecule has 14 heavy (non-hydrogen) atoms. The van der Waals surface area contributed by atoms with Gasteiger partial charge in [0.25, 0.3) is 0 Å². The Morgan fingerprint density at radius 1 is 1.36 bits per heavy atom. The molecule has 0 unspecified atom stereocenters. The van der Waals surface area contributed by atoms with Gasteiger partial charge in [-0.25, -0.2) is 0 Å². The highest BCUT2D eigenvalue weighted by molar-refractivity contribution is 5.29. The Labute approximate surface area is 85.7 Å². The van der Waals surface area contributed by atoms with Gasteiger partial charge in [-0.3, -0.25) is 4.98 Å². The van der Waals surface area contributed by atoms with Crippen LogP contribution >= 0.6 is 0 Å². The Kier molecular flexibility index (Phi) is 2.82. The molecule has 2 nitrogen and oxygen atoms in total. The first-order chi connectivity index (χ1) is 6.87. The van der Waals surface area contributed by atoms with Crippen molar-refractivity contribution >= 4 is 0 Å². The van der Waals surface area contributed by atoms with Crippen LogP contribution in [-0.2, 0) is 5.41 Å². The topological polar surface area (TPSA) is 24.9 Å². The van der Waals surface area contributed by atoms with E-state index >= 15 is 0 Å². The van der Waals surface area contributed by atoms with E-state index in [1.807, 2.05) is 12.4 Å². The molecule has 2 rings (SSSR count). The van der Waals surface area contributed by atoms with E-state index in [1.165, 1.54) is 24.8 Å². The number of aromatic nitrogens is 1. The van der Waals surface area contributed by atoms with Crippen LogP contribution in [0.3, 0.4) is 0 Å². The number of nitrogens with one attached hydrogen (secondary N) is 1. The Morgan fingerprint density at radius 2 is 2.07 bits per heavy atom. The zero-order valence-electron chi connectivity index (χ0n) is 8.79. The Morgan fingerprint density at radius 3 is 2.64 bits per heavy atom. The van der Waals surface area contributed by atoms with E-state index < -0.39 is 0 Å². The van der Waals surface area contributed by atoms with Gasteiger partial charge in [0.1, 0.15) is 0 Å². The third kappa shape index (κ3) is 1.95. The molecule has 1 aromatic heterocycles. The lowest BCUT2D eigenvalue weighted by molar-refractivity contribution is 0.571. The molecule has 0 aliphatic heterocycles. The van der Waals surface area contributed by atoms with Gasteiger partial charge in [-0.1, -0.05) is 6.92 Å². The van der Waals surface area contributed by atoms with Crippen molar-refractivity contribution in [3.63, 3.8) is 0 Å². The second-order valence-electron chi connectivity index (χ2n) is 4.19. The second-order valence-corrected chi connectivity index (χ2v) is 4.19. The van der Waals surface area contributed by atoms with Gasteiger partial charge in [-0.05, 0) is 43.5 Å². The average molecular weight is 190 g/mol. The highest BCUT2D eigenvalue weighted by Gasteiger charge is 2.43. The highest BCUT2D eigenvalue weighted by Crippen LogP contribution is 2.47. The van der Waals surface area contributed by atoms with Crippen molar-refractivity contribution in [2.24, 2.45) is 0 Å². The molecule has 0 saturated heterocycles. The molecule has 0 amide bonds. The van der Waals surface area contributed by atoms with Crippen LogP contribution in [0, 0.1) is 0 Å². The number of hydrogen-bond donors (Lipinski definition) is 1. The summed E-state index contributed by atoms with van der Waals surface area (Å²) in [6.07, 6.45) is 7.67. The summed E-state index contributed by atoms with van der Waals surface area (Å²) in [5.41, 5.74) is 1.90. The van der Waals surface area contributed by atoms with E-state index in [0.29, 0.717) is 5.41 Å². The quantitative estimate of drug-likeness (QED) is 0.719. The van der Waals surface area contributed by atoms with E-state index in [4.69, 9.17) is 0 Å². The highest BCUT2D eigenvalue weighted by atomic mass is 14.9. The Hall–Kier alpha value is -0.890. The lowest BCUT2D eigenvalue weighted by Gasteiger charge is -2.15. The van der Waals surface area contributed by atoms with Crippen LogP contribution < -0.4 is 5.32 Å². The van der Waals surface area contributed by atoms with Gasteiger partial charge in [0, 0.05) is 24.4 Å². The van der Waals surface area contributed by atoms with Crippen molar-refractivity contribution in [3.05, 3.63) is 30.1 Å². The predicted molar refractivity (Wildman–Crippen MR) is 58.3 cm³/mol. The molecule has 0 radical (unpaired) electrons. The van der Waals surface area contributed by atoms with Crippen molar-refractivity contribution in [1.82, 2.24) is 10.3 Å². The summed E-state index contributed by atoms with van der Waals surface area (Å²) in [6.45, 7) is 4.47. The number of hydrogen-bond acceptors (Lipinski definition) is 2. The minimum atomic E-state index is 0.443. The maximum absolute atomic E-state index is 4.06. The van der Waals surface area contributed by atoms with Crippen LogP contribution in [0.2, 0.25) is 0 Å². The van der Waals surface area contributed by atoms with Gasteiger partial charge in [0.2, 0.25) is 0 Å². The third-order valence-corrected chi connectivity index (χ3v) is 3.04. The van der Waals surface area contributed by atoms with Gasteiger partial charge < -0.3 is 5.32 Å². The van der Waals surface area contributed by atoms with Crippen LogP contribution in [0.15, 0.2) is 24.5 Å². The molecule has 1 aromatic rings. The summed E-state index contributed by atoms with van der Waals surface area (Å²) in [6, 6.07) is 4.31. The van der Waals surface area contributed by atoms with E-state index in [1.54, 1.807) is 0 Å². The van der Waals surface area contributed by atoms with Gasteiger partial charge in [0.15, 0.2) is 0 Å². The first-order valence-corrected chi connectivity index (χ1v) is 5.49. The van der Waals surface area contributed by atoms with Crippen molar-refractivity contribution in [2.45, 2.75) is 31.6 Å². The van der Waals surface area contributed by atoms with Crippen molar-refractivity contribution in [3.8, 4) is 0 Å². The van der Waals surface area contributed by atoms with Crippen molar-refractivity contribution < 1.29 is 0 Å². The molecular weight excluding hydrogens is 172 g/mol. The summed E-state index contributed by atoms with van der Waals surface area (Å²) < 4.78 is 0. The van der Waals surface area contributed by atoms with Crippen LogP contribution in [0.5, 0.6) is 0 Å². The molecule has 1 heterocycles. The summed E-state index contributed by atoms with van der Waals surface area (Å²) in [4.78, 5) is 4.06. The van der Waals surface area contributed by atoms with Gasteiger partial charge in [-0.2, -0.15) is 0 Å². The molecule has 1 saturated carbocycles. The lowest BCUT2D eigenvalue weighted by atomic mass is 9.97. The fourth-order valence-corrected chi connectivity index (χ4v) is 1.93. The fourth-order valence-electron chi connectivity index (χ4n) is 1.93. The molecule has 1 aliphatic rings. The zero-order valence-corrected chi connectivity index (χ0v) is 8.79. The van der Waals surface area contributed by atoms with Crippen molar-refractivity contribution in [1.29, 1.82) is 0 Å². The Balaban J connectivity index is 1.96. The fraction of sp³-hybridized carbons (Fsp3) is 0.583. The molecule has 1 fully saturated rings. The normalized spacial score (nSPS) is 18.1. The van der Waals surface area contributed by atoms with E-state index in [9.17, 15) is 0 Å². The van der Waals surface area contributed by atoms with Crippen LogP contribution in [0.4, 0.5) is 0 Å².